The number of hydrogen-bond donors (Lipinski definition) is 1. The van der Waals surface area contributed by atoms with E-state index in [0.29, 0.717) is 0 Å². The molecule has 1 unspecified atom stereocenters. The van der Waals surface area contributed by atoms with E-state index >= 15 is 0 Å². The van der Waals surface area contributed by atoms with Crippen LogP contribution in [0.15, 0.2) is 30.3 Å². The summed E-state index contributed by atoms with van der Waals surface area (Å²) in [5, 5.41) is 0. The van der Waals surface area contributed by atoms with Gasteiger partial charge in [-0.05, 0) is 38.4 Å². The van der Waals surface area contributed by atoms with Crippen molar-refractivity contribution in [3.05, 3.63) is 35.9 Å². The van der Waals surface area contributed by atoms with Gasteiger partial charge in [-0.25, -0.2) is 0 Å². The van der Waals surface area contributed by atoms with Crippen LogP contribution in [-0.4, -0.2) is 23.7 Å². The maximum Gasteiger partial charge on any atom is 0.0699 e. The van der Waals surface area contributed by atoms with Gasteiger partial charge in [0.25, 0.3) is 0 Å². The van der Waals surface area contributed by atoms with Crippen molar-refractivity contribution < 1.29 is 0 Å². The lowest BCUT2D eigenvalue weighted by Crippen LogP contribution is -2.55. The zero-order valence-electron chi connectivity index (χ0n) is 10.9. The molecular formula is C15H24N2. The summed E-state index contributed by atoms with van der Waals surface area (Å²) in [6.45, 7) is 4.48. The third-order valence-corrected chi connectivity index (χ3v) is 3.73. The lowest BCUT2D eigenvalue weighted by atomic mass is 10.00. The third kappa shape index (κ3) is 3.55. The summed E-state index contributed by atoms with van der Waals surface area (Å²) in [5.74, 6) is 0. The fourth-order valence-electron chi connectivity index (χ4n) is 2.70. The van der Waals surface area contributed by atoms with Gasteiger partial charge in [0, 0.05) is 6.42 Å². The van der Waals surface area contributed by atoms with E-state index in [-0.39, 0.29) is 5.66 Å². The minimum absolute atomic E-state index is 0.203. The molecule has 0 spiro atoms. The molecule has 1 atom stereocenters. The highest BCUT2D eigenvalue weighted by Crippen LogP contribution is 2.20. The minimum Gasteiger partial charge on any atom is -0.313 e. The number of likely N-dealkylation sites (tertiary alicyclic amines) is 1. The van der Waals surface area contributed by atoms with Crippen molar-refractivity contribution in [3.8, 4) is 0 Å². The fraction of sp³-hybridized carbons (Fsp3) is 0.600. The lowest BCUT2D eigenvalue weighted by molar-refractivity contribution is 0.113. The van der Waals surface area contributed by atoms with Crippen molar-refractivity contribution in [1.29, 1.82) is 0 Å². The predicted molar refractivity (Wildman–Crippen MR) is 72.8 cm³/mol. The number of nitrogens with two attached hydrogens (primary N) is 1. The average molecular weight is 232 g/mol. The zero-order chi connectivity index (χ0) is 12.1. The highest BCUT2D eigenvalue weighted by Gasteiger charge is 2.27. The van der Waals surface area contributed by atoms with Crippen LogP contribution in [0.2, 0.25) is 0 Å². The second-order valence-electron chi connectivity index (χ2n) is 5.42. The fourth-order valence-corrected chi connectivity index (χ4v) is 2.70. The van der Waals surface area contributed by atoms with E-state index in [4.69, 9.17) is 5.73 Å². The standard InChI is InChI=1S/C15H24N2/c1-15(16,13-14-9-5-4-6-10-14)17-11-7-2-3-8-12-17/h4-6,9-10H,2-3,7-8,11-13,16H2,1H3. The van der Waals surface area contributed by atoms with E-state index in [9.17, 15) is 0 Å². The van der Waals surface area contributed by atoms with Crippen molar-refractivity contribution in [3.63, 3.8) is 0 Å². The van der Waals surface area contributed by atoms with Gasteiger partial charge in [0.2, 0.25) is 0 Å². The molecule has 1 heterocycles. The summed E-state index contributed by atoms with van der Waals surface area (Å²) in [6, 6.07) is 10.6. The molecule has 1 aromatic carbocycles. The van der Waals surface area contributed by atoms with Crippen LogP contribution >= 0.6 is 0 Å². The van der Waals surface area contributed by atoms with Crippen LogP contribution < -0.4 is 5.73 Å². The average Bonchev–Trinajstić information content (AvgIpc) is 2.58. The normalized spacial score (nSPS) is 21.8. The summed E-state index contributed by atoms with van der Waals surface area (Å²) in [6.07, 6.45) is 6.24. The molecule has 1 saturated heterocycles. The number of hydrogen-bond acceptors (Lipinski definition) is 2. The first kappa shape index (κ1) is 12.6. The highest BCUT2D eigenvalue weighted by molar-refractivity contribution is 5.17. The van der Waals surface area contributed by atoms with Gasteiger partial charge in [0.15, 0.2) is 0 Å². The zero-order valence-corrected chi connectivity index (χ0v) is 10.9. The van der Waals surface area contributed by atoms with E-state index in [1.165, 1.54) is 31.2 Å². The Morgan fingerprint density at radius 3 is 2.24 bits per heavy atom. The molecule has 0 radical (unpaired) electrons. The van der Waals surface area contributed by atoms with Gasteiger partial charge in [-0.15, -0.1) is 0 Å². The third-order valence-electron chi connectivity index (χ3n) is 3.73. The van der Waals surface area contributed by atoms with E-state index in [1.807, 2.05) is 0 Å². The van der Waals surface area contributed by atoms with Gasteiger partial charge in [-0.2, -0.15) is 0 Å². The van der Waals surface area contributed by atoms with Crippen molar-refractivity contribution in [2.24, 2.45) is 5.73 Å². The maximum absolute atomic E-state index is 6.52. The molecule has 1 aliphatic rings. The van der Waals surface area contributed by atoms with E-state index < -0.39 is 0 Å². The van der Waals surface area contributed by atoms with E-state index in [0.717, 1.165) is 19.5 Å². The van der Waals surface area contributed by atoms with Gasteiger partial charge in [0.1, 0.15) is 0 Å². The molecule has 1 aliphatic heterocycles. The molecule has 1 fully saturated rings. The second kappa shape index (κ2) is 5.65. The lowest BCUT2D eigenvalue weighted by Gasteiger charge is -2.38. The maximum atomic E-state index is 6.52. The molecule has 17 heavy (non-hydrogen) atoms. The Bertz CT molecular complexity index is 324. The van der Waals surface area contributed by atoms with Crippen molar-refractivity contribution in [2.75, 3.05) is 13.1 Å². The molecule has 94 valence electrons. The first-order valence-corrected chi connectivity index (χ1v) is 6.76. The van der Waals surface area contributed by atoms with Crippen molar-refractivity contribution in [2.45, 2.75) is 44.7 Å². The van der Waals surface area contributed by atoms with E-state index in [1.54, 1.807) is 0 Å². The topological polar surface area (TPSA) is 29.3 Å². The van der Waals surface area contributed by atoms with Gasteiger partial charge in [0.05, 0.1) is 5.66 Å². The van der Waals surface area contributed by atoms with Crippen LogP contribution in [0.25, 0.3) is 0 Å². The molecule has 0 amide bonds. The highest BCUT2D eigenvalue weighted by atomic mass is 15.3. The largest absolute Gasteiger partial charge is 0.313 e. The van der Waals surface area contributed by atoms with Crippen molar-refractivity contribution in [1.82, 2.24) is 4.90 Å². The summed E-state index contributed by atoms with van der Waals surface area (Å²) in [4.78, 5) is 2.47. The Hall–Kier alpha value is -0.860. The number of rotatable bonds is 3. The molecule has 0 aromatic heterocycles. The molecule has 2 rings (SSSR count). The Morgan fingerprint density at radius 2 is 1.65 bits per heavy atom. The molecule has 2 nitrogen and oxygen atoms in total. The van der Waals surface area contributed by atoms with Gasteiger partial charge in [-0.1, -0.05) is 43.2 Å². The monoisotopic (exact) mass is 232 g/mol. The van der Waals surface area contributed by atoms with Gasteiger partial charge >= 0.3 is 0 Å². The van der Waals surface area contributed by atoms with Crippen LogP contribution in [0.3, 0.4) is 0 Å². The van der Waals surface area contributed by atoms with Gasteiger partial charge in [-0.3, -0.25) is 4.90 Å². The number of nitrogens with zero attached hydrogens (tertiary/aromatic N) is 1. The number of benzene rings is 1. The minimum atomic E-state index is -0.203. The molecule has 0 aliphatic carbocycles. The summed E-state index contributed by atoms with van der Waals surface area (Å²) in [5.41, 5.74) is 7.65. The smallest absolute Gasteiger partial charge is 0.0699 e. The van der Waals surface area contributed by atoms with Crippen LogP contribution in [-0.2, 0) is 6.42 Å². The van der Waals surface area contributed by atoms with Crippen LogP contribution in [0.4, 0.5) is 0 Å². The predicted octanol–water partition coefficient (Wildman–Crippen LogP) is 2.78. The molecule has 2 N–H and O–H groups in total. The summed E-state index contributed by atoms with van der Waals surface area (Å²) >= 11 is 0. The molecule has 2 heteroatoms. The Balaban J connectivity index is 2.01. The molecule has 0 bridgehead atoms. The first-order valence-electron chi connectivity index (χ1n) is 6.76. The quantitative estimate of drug-likeness (QED) is 0.868. The van der Waals surface area contributed by atoms with Crippen LogP contribution in [0, 0.1) is 0 Å². The van der Waals surface area contributed by atoms with E-state index in [2.05, 4.69) is 42.2 Å². The molecular weight excluding hydrogens is 208 g/mol. The first-order chi connectivity index (χ1) is 8.18. The SMILES string of the molecule is CC(N)(Cc1ccccc1)N1CCCCCC1. The molecule has 0 saturated carbocycles. The van der Waals surface area contributed by atoms with Crippen LogP contribution in [0.5, 0.6) is 0 Å². The van der Waals surface area contributed by atoms with Crippen LogP contribution in [0.1, 0.15) is 38.2 Å². The Labute approximate surface area is 105 Å². The molecule has 1 aromatic rings. The Kier molecular flexibility index (Phi) is 4.19. The summed E-state index contributed by atoms with van der Waals surface area (Å²) < 4.78 is 0. The van der Waals surface area contributed by atoms with Crippen molar-refractivity contribution >= 4 is 0 Å². The van der Waals surface area contributed by atoms with Gasteiger partial charge < -0.3 is 5.73 Å². The second-order valence-corrected chi connectivity index (χ2v) is 5.42. The Morgan fingerprint density at radius 1 is 1.06 bits per heavy atom. The summed E-state index contributed by atoms with van der Waals surface area (Å²) in [7, 11) is 0.